The number of hydrogen-bond donors (Lipinski definition) is 1. The molecule has 108 valence electrons. The lowest BCUT2D eigenvalue weighted by molar-refractivity contribution is -0.144. The molecule has 0 fully saturated rings. The highest BCUT2D eigenvalue weighted by Gasteiger charge is 2.47. The van der Waals surface area contributed by atoms with Crippen LogP contribution in [0.25, 0.3) is 0 Å². The van der Waals surface area contributed by atoms with E-state index < -0.39 is 18.4 Å². The van der Waals surface area contributed by atoms with E-state index in [1.54, 1.807) is 0 Å². The minimum atomic E-state index is -4.27. The van der Waals surface area contributed by atoms with Gasteiger partial charge in [-0.25, -0.2) is 8.78 Å². The van der Waals surface area contributed by atoms with Crippen LogP contribution in [0, 0.1) is 0 Å². The first-order valence-electron chi connectivity index (χ1n) is 5.64. The first-order chi connectivity index (χ1) is 8.80. The van der Waals surface area contributed by atoms with E-state index in [1.165, 1.54) is 18.2 Å². The lowest BCUT2D eigenvalue weighted by atomic mass is 10.0. The third kappa shape index (κ3) is 3.82. The topological polar surface area (TPSA) is 35.2 Å². The fraction of sp³-hybridized carbons (Fsp3) is 0.500. The number of halogens is 5. The number of ether oxygens (including phenoxy) is 1. The minimum Gasteiger partial charge on any atom is -0.492 e. The van der Waals surface area contributed by atoms with Crippen LogP contribution in [0.4, 0.5) is 17.6 Å². The molecule has 2 N–H and O–H groups in total. The van der Waals surface area contributed by atoms with Crippen molar-refractivity contribution in [3.8, 4) is 5.75 Å². The molecule has 1 unspecified atom stereocenters. The van der Waals surface area contributed by atoms with Crippen molar-refractivity contribution in [1.29, 1.82) is 0 Å². The Morgan fingerprint density at radius 3 is 2.47 bits per heavy atom. The summed E-state index contributed by atoms with van der Waals surface area (Å²) in [5, 5.41) is 0. The Labute approximate surface area is 117 Å². The average Bonchev–Trinajstić information content (AvgIpc) is 2.36. The van der Waals surface area contributed by atoms with E-state index in [9.17, 15) is 17.6 Å². The molecular weight excluding hydrogens is 330 g/mol. The van der Waals surface area contributed by atoms with E-state index in [2.05, 4.69) is 15.9 Å². The van der Waals surface area contributed by atoms with Gasteiger partial charge in [0.25, 0.3) is 0 Å². The molecule has 1 aromatic carbocycles. The van der Waals surface area contributed by atoms with Gasteiger partial charge >= 0.3 is 12.3 Å². The SMILES string of the molecule is CCCOc1ccc(C(N)C(F)(F)C(F)F)cc1Br. The molecule has 1 rings (SSSR count). The molecule has 0 saturated heterocycles. The van der Waals surface area contributed by atoms with Crippen molar-refractivity contribution in [3.05, 3.63) is 28.2 Å². The van der Waals surface area contributed by atoms with Crippen LogP contribution in [0.3, 0.4) is 0 Å². The van der Waals surface area contributed by atoms with E-state index in [4.69, 9.17) is 10.5 Å². The average molecular weight is 344 g/mol. The third-order valence-electron chi connectivity index (χ3n) is 2.48. The molecule has 2 nitrogen and oxygen atoms in total. The molecule has 0 radical (unpaired) electrons. The van der Waals surface area contributed by atoms with Crippen molar-refractivity contribution in [2.24, 2.45) is 5.73 Å². The number of rotatable bonds is 6. The monoisotopic (exact) mass is 343 g/mol. The van der Waals surface area contributed by atoms with Gasteiger partial charge < -0.3 is 10.5 Å². The number of nitrogens with two attached hydrogens (primary N) is 1. The Kier molecular flexibility index (Phi) is 5.61. The highest BCUT2D eigenvalue weighted by molar-refractivity contribution is 9.10. The van der Waals surface area contributed by atoms with Gasteiger partial charge in [0.2, 0.25) is 0 Å². The second-order valence-electron chi connectivity index (χ2n) is 3.99. The Balaban J connectivity index is 2.94. The van der Waals surface area contributed by atoms with Gasteiger partial charge in [-0.3, -0.25) is 0 Å². The molecule has 0 saturated carbocycles. The van der Waals surface area contributed by atoms with Gasteiger partial charge in [-0.15, -0.1) is 0 Å². The van der Waals surface area contributed by atoms with Crippen LogP contribution < -0.4 is 10.5 Å². The van der Waals surface area contributed by atoms with Gasteiger partial charge in [-0.05, 0) is 40.0 Å². The van der Waals surface area contributed by atoms with Gasteiger partial charge in [-0.1, -0.05) is 13.0 Å². The molecule has 1 atom stereocenters. The molecule has 0 aromatic heterocycles. The summed E-state index contributed by atoms with van der Waals surface area (Å²) in [5.74, 6) is -3.82. The fourth-order valence-electron chi connectivity index (χ4n) is 1.40. The highest BCUT2D eigenvalue weighted by Crippen LogP contribution is 2.37. The molecule has 19 heavy (non-hydrogen) atoms. The first-order valence-corrected chi connectivity index (χ1v) is 6.43. The minimum absolute atomic E-state index is 0.0824. The summed E-state index contributed by atoms with van der Waals surface area (Å²) in [7, 11) is 0. The Morgan fingerprint density at radius 1 is 1.37 bits per heavy atom. The second-order valence-corrected chi connectivity index (χ2v) is 4.85. The maximum Gasteiger partial charge on any atom is 0.326 e. The Bertz CT molecular complexity index is 428. The summed E-state index contributed by atoms with van der Waals surface area (Å²) in [6.07, 6.45) is -3.02. The first kappa shape index (κ1) is 16.2. The molecular formula is C12H14BrF4NO. The summed E-state index contributed by atoms with van der Waals surface area (Å²) in [5.41, 5.74) is 5.12. The number of benzene rings is 1. The van der Waals surface area contributed by atoms with Crippen LogP contribution in [0.2, 0.25) is 0 Å². The predicted octanol–water partition coefficient (Wildman–Crippen LogP) is 4.14. The molecule has 0 spiro atoms. The fourth-order valence-corrected chi connectivity index (χ4v) is 1.91. The van der Waals surface area contributed by atoms with Crippen molar-refractivity contribution < 1.29 is 22.3 Å². The normalized spacial score (nSPS) is 13.7. The van der Waals surface area contributed by atoms with Crippen molar-refractivity contribution in [1.82, 2.24) is 0 Å². The zero-order chi connectivity index (χ0) is 14.6. The van der Waals surface area contributed by atoms with E-state index in [0.29, 0.717) is 16.8 Å². The standard InChI is InChI=1S/C12H14BrF4NO/c1-2-5-19-9-4-3-7(6-8(9)13)10(18)12(16,17)11(14)15/h3-4,6,10-11H,2,5,18H2,1H3. The second kappa shape index (κ2) is 6.56. The van der Waals surface area contributed by atoms with Crippen LogP contribution >= 0.6 is 15.9 Å². The van der Waals surface area contributed by atoms with E-state index in [1.807, 2.05) is 6.92 Å². The zero-order valence-corrected chi connectivity index (χ0v) is 11.8. The quantitative estimate of drug-likeness (QED) is 0.788. The molecule has 0 heterocycles. The molecule has 0 aliphatic carbocycles. The predicted molar refractivity (Wildman–Crippen MR) is 67.8 cm³/mol. The summed E-state index contributed by atoms with van der Waals surface area (Å²) in [6.45, 7) is 2.39. The summed E-state index contributed by atoms with van der Waals surface area (Å²) in [4.78, 5) is 0. The lowest BCUT2D eigenvalue weighted by Crippen LogP contribution is -2.39. The smallest absolute Gasteiger partial charge is 0.326 e. The van der Waals surface area contributed by atoms with Gasteiger partial charge in [-0.2, -0.15) is 8.78 Å². The molecule has 0 bridgehead atoms. The largest absolute Gasteiger partial charge is 0.492 e. The molecule has 7 heteroatoms. The van der Waals surface area contributed by atoms with Crippen LogP contribution in [0.15, 0.2) is 22.7 Å². The van der Waals surface area contributed by atoms with Crippen LogP contribution in [-0.4, -0.2) is 19.0 Å². The third-order valence-corrected chi connectivity index (χ3v) is 3.10. The Hall–Kier alpha value is -0.820. The van der Waals surface area contributed by atoms with Gasteiger partial charge in [0.05, 0.1) is 11.1 Å². The molecule has 0 aliphatic heterocycles. The van der Waals surface area contributed by atoms with Crippen LogP contribution in [0.5, 0.6) is 5.75 Å². The van der Waals surface area contributed by atoms with Crippen LogP contribution in [-0.2, 0) is 0 Å². The molecule has 0 amide bonds. The maximum absolute atomic E-state index is 13.1. The van der Waals surface area contributed by atoms with Gasteiger partial charge in [0.1, 0.15) is 11.8 Å². The molecule has 0 aliphatic rings. The van der Waals surface area contributed by atoms with Crippen molar-refractivity contribution in [2.75, 3.05) is 6.61 Å². The lowest BCUT2D eigenvalue weighted by Gasteiger charge is -2.23. The molecule has 1 aromatic rings. The zero-order valence-electron chi connectivity index (χ0n) is 10.2. The van der Waals surface area contributed by atoms with Crippen molar-refractivity contribution in [2.45, 2.75) is 31.7 Å². The number of hydrogen-bond acceptors (Lipinski definition) is 2. The highest BCUT2D eigenvalue weighted by atomic mass is 79.9. The summed E-state index contributed by atoms with van der Waals surface area (Å²) < 4.78 is 56.5. The van der Waals surface area contributed by atoms with E-state index >= 15 is 0 Å². The van der Waals surface area contributed by atoms with E-state index in [-0.39, 0.29) is 5.56 Å². The van der Waals surface area contributed by atoms with Crippen molar-refractivity contribution in [3.63, 3.8) is 0 Å². The van der Waals surface area contributed by atoms with Gasteiger partial charge in [0.15, 0.2) is 0 Å². The number of alkyl halides is 4. The summed E-state index contributed by atoms with van der Waals surface area (Å²) in [6, 6.07) is 1.89. The van der Waals surface area contributed by atoms with E-state index in [0.717, 1.165) is 6.42 Å². The Morgan fingerprint density at radius 2 is 2.00 bits per heavy atom. The van der Waals surface area contributed by atoms with Gasteiger partial charge in [0, 0.05) is 0 Å². The van der Waals surface area contributed by atoms with Crippen molar-refractivity contribution >= 4 is 15.9 Å². The maximum atomic E-state index is 13.1. The van der Waals surface area contributed by atoms with Crippen LogP contribution in [0.1, 0.15) is 24.9 Å². The summed E-state index contributed by atoms with van der Waals surface area (Å²) >= 11 is 3.14.